The molecule has 2 N–H and O–H groups in total. The molecular formula is C21H25ClN2O4. The molecule has 1 atom stereocenters. The van der Waals surface area contributed by atoms with E-state index < -0.39 is 12.0 Å². The fraction of sp³-hybridized carbons (Fsp3) is 0.333. The number of carbonyl (C=O) groups excluding carboxylic acids is 1. The molecule has 1 aliphatic heterocycles. The molecule has 7 heteroatoms. The molecule has 0 radical (unpaired) electrons. The maximum absolute atomic E-state index is 12.5. The molecule has 1 amide bonds. The third-order valence-corrected chi connectivity index (χ3v) is 4.66. The maximum atomic E-state index is 12.5. The number of likely N-dealkylation sites (tertiary alicyclic amines) is 1. The molecule has 0 saturated carbocycles. The molecule has 2 aromatic rings. The summed E-state index contributed by atoms with van der Waals surface area (Å²) in [6.07, 6.45) is 2.36. The number of carbonyl (C=O) groups is 2. The van der Waals surface area contributed by atoms with Gasteiger partial charge in [-0.15, -0.1) is 12.4 Å². The summed E-state index contributed by atoms with van der Waals surface area (Å²) in [5.41, 5.74) is 1.70. The van der Waals surface area contributed by atoms with Crippen molar-refractivity contribution < 1.29 is 19.4 Å². The molecule has 0 spiro atoms. The van der Waals surface area contributed by atoms with Crippen LogP contribution in [0.3, 0.4) is 0 Å². The fourth-order valence-electron chi connectivity index (χ4n) is 3.23. The number of halogens is 1. The molecule has 1 unspecified atom stereocenters. The SMILES string of the molecule is Cc1ccc(Oc2ccccc2NC(=O)CN2CCCCC2C(=O)O)cc1.Cl. The zero-order chi connectivity index (χ0) is 19.2. The second kappa shape index (κ2) is 10.1. The number of ether oxygens (including phenoxy) is 1. The Balaban J connectivity index is 0.00000280. The monoisotopic (exact) mass is 404 g/mol. The first kappa shape index (κ1) is 21.7. The highest BCUT2D eigenvalue weighted by Crippen LogP contribution is 2.29. The first-order valence-electron chi connectivity index (χ1n) is 9.13. The number of aliphatic carboxylic acids is 1. The number of nitrogens with one attached hydrogen (secondary N) is 1. The fourth-order valence-corrected chi connectivity index (χ4v) is 3.23. The lowest BCUT2D eigenvalue weighted by molar-refractivity contribution is -0.145. The van der Waals surface area contributed by atoms with E-state index in [4.69, 9.17) is 4.74 Å². The van der Waals surface area contributed by atoms with Crippen molar-refractivity contribution >= 4 is 30.0 Å². The Morgan fingerprint density at radius 2 is 1.86 bits per heavy atom. The summed E-state index contributed by atoms with van der Waals surface area (Å²) < 4.78 is 5.89. The minimum Gasteiger partial charge on any atom is -0.480 e. The molecule has 0 aliphatic carbocycles. The number of benzene rings is 2. The lowest BCUT2D eigenvalue weighted by Gasteiger charge is -2.32. The van der Waals surface area contributed by atoms with E-state index in [2.05, 4.69) is 5.32 Å². The number of hydrogen-bond donors (Lipinski definition) is 2. The van der Waals surface area contributed by atoms with E-state index in [1.807, 2.05) is 43.3 Å². The van der Waals surface area contributed by atoms with E-state index in [0.717, 1.165) is 18.4 Å². The molecule has 6 nitrogen and oxygen atoms in total. The van der Waals surface area contributed by atoms with Crippen LogP contribution in [0, 0.1) is 6.92 Å². The summed E-state index contributed by atoms with van der Waals surface area (Å²) in [4.78, 5) is 25.6. The van der Waals surface area contributed by atoms with Gasteiger partial charge in [0.25, 0.3) is 0 Å². The Morgan fingerprint density at radius 1 is 1.14 bits per heavy atom. The molecule has 1 fully saturated rings. The summed E-state index contributed by atoms with van der Waals surface area (Å²) in [5.74, 6) is 0.112. The van der Waals surface area contributed by atoms with Crippen LogP contribution in [0.15, 0.2) is 48.5 Å². The molecule has 3 rings (SSSR count). The van der Waals surface area contributed by atoms with Gasteiger partial charge in [0, 0.05) is 0 Å². The van der Waals surface area contributed by atoms with Gasteiger partial charge < -0.3 is 15.2 Å². The van der Waals surface area contributed by atoms with Gasteiger partial charge in [0.2, 0.25) is 5.91 Å². The minimum atomic E-state index is -0.870. The standard InChI is InChI=1S/C21H24N2O4.ClH/c1-15-9-11-16(12-10-15)27-19-8-3-2-6-17(19)22-20(24)14-23-13-5-4-7-18(23)21(25)26;/h2-3,6,8-12,18H,4-5,7,13-14H2,1H3,(H,22,24)(H,25,26);1H. The Bertz CT molecular complexity index is 810. The van der Waals surface area contributed by atoms with E-state index in [9.17, 15) is 14.7 Å². The molecule has 1 heterocycles. The zero-order valence-electron chi connectivity index (χ0n) is 15.8. The maximum Gasteiger partial charge on any atom is 0.320 e. The number of carboxylic acid groups (broad SMARTS) is 1. The smallest absolute Gasteiger partial charge is 0.320 e. The van der Waals surface area contributed by atoms with Crippen molar-refractivity contribution in [2.75, 3.05) is 18.4 Å². The summed E-state index contributed by atoms with van der Waals surface area (Å²) in [6, 6.07) is 14.3. The second-order valence-electron chi connectivity index (χ2n) is 6.78. The average molecular weight is 405 g/mol. The largest absolute Gasteiger partial charge is 0.480 e. The van der Waals surface area contributed by atoms with Crippen LogP contribution >= 0.6 is 12.4 Å². The van der Waals surface area contributed by atoms with Gasteiger partial charge in [-0.2, -0.15) is 0 Å². The quantitative estimate of drug-likeness (QED) is 0.758. The van der Waals surface area contributed by atoms with E-state index in [-0.39, 0.29) is 24.9 Å². The highest BCUT2D eigenvalue weighted by molar-refractivity contribution is 5.94. The van der Waals surface area contributed by atoms with Crippen molar-refractivity contribution in [1.29, 1.82) is 0 Å². The van der Waals surface area contributed by atoms with E-state index in [1.165, 1.54) is 0 Å². The van der Waals surface area contributed by atoms with Gasteiger partial charge in [-0.1, -0.05) is 36.2 Å². The summed E-state index contributed by atoms with van der Waals surface area (Å²) in [5, 5.41) is 12.2. The minimum absolute atomic E-state index is 0. The van der Waals surface area contributed by atoms with Gasteiger partial charge >= 0.3 is 5.97 Å². The third kappa shape index (κ3) is 5.71. The van der Waals surface area contributed by atoms with Gasteiger partial charge in [0.05, 0.1) is 12.2 Å². The number of amides is 1. The Hall–Kier alpha value is -2.57. The van der Waals surface area contributed by atoms with Crippen LogP contribution in [-0.4, -0.2) is 41.0 Å². The van der Waals surface area contributed by atoms with E-state index >= 15 is 0 Å². The number of aryl methyl sites for hydroxylation is 1. The first-order valence-corrected chi connectivity index (χ1v) is 9.13. The Labute approximate surface area is 170 Å². The predicted octanol–water partition coefficient (Wildman–Crippen LogP) is 4.09. The van der Waals surface area contributed by atoms with Crippen LogP contribution in [0.25, 0.3) is 0 Å². The first-order chi connectivity index (χ1) is 13.0. The molecule has 2 aromatic carbocycles. The van der Waals surface area contributed by atoms with E-state index in [1.54, 1.807) is 17.0 Å². The third-order valence-electron chi connectivity index (χ3n) is 4.66. The number of rotatable bonds is 6. The number of nitrogens with zero attached hydrogens (tertiary/aromatic N) is 1. The highest BCUT2D eigenvalue weighted by atomic mass is 35.5. The molecule has 1 aliphatic rings. The van der Waals surface area contributed by atoms with Crippen molar-refractivity contribution in [2.24, 2.45) is 0 Å². The lowest BCUT2D eigenvalue weighted by Crippen LogP contribution is -2.47. The van der Waals surface area contributed by atoms with Gasteiger partial charge in [-0.3, -0.25) is 14.5 Å². The number of piperidine rings is 1. The van der Waals surface area contributed by atoms with Crippen molar-refractivity contribution in [3.63, 3.8) is 0 Å². The number of hydrogen-bond acceptors (Lipinski definition) is 4. The topological polar surface area (TPSA) is 78.9 Å². The molecule has 0 bridgehead atoms. The zero-order valence-corrected chi connectivity index (χ0v) is 16.6. The molecule has 0 aromatic heterocycles. The molecular weight excluding hydrogens is 380 g/mol. The number of para-hydroxylation sites is 2. The van der Waals surface area contributed by atoms with Crippen molar-refractivity contribution in [2.45, 2.75) is 32.2 Å². The Morgan fingerprint density at radius 3 is 2.57 bits per heavy atom. The second-order valence-corrected chi connectivity index (χ2v) is 6.78. The van der Waals surface area contributed by atoms with Crippen LogP contribution in [-0.2, 0) is 9.59 Å². The van der Waals surface area contributed by atoms with Gasteiger partial charge in [0.1, 0.15) is 11.8 Å². The predicted molar refractivity (Wildman–Crippen MR) is 110 cm³/mol. The van der Waals surface area contributed by atoms with Gasteiger partial charge in [0.15, 0.2) is 5.75 Å². The normalized spacial score (nSPS) is 16.7. The van der Waals surface area contributed by atoms with Gasteiger partial charge in [-0.05, 0) is 50.6 Å². The number of anilines is 1. The van der Waals surface area contributed by atoms with E-state index in [0.29, 0.717) is 30.2 Å². The van der Waals surface area contributed by atoms with Crippen LogP contribution < -0.4 is 10.1 Å². The van der Waals surface area contributed by atoms with Gasteiger partial charge in [-0.25, -0.2) is 0 Å². The molecule has 150 valence electrons. The average Bonchev–Trinajstić information content (AvgIpc) is 2.65. The highest BCUT2D eigenvalue weighted by Gasteiger charge is 2.29. The molecule has 1 saturated heterocycles. The van der Waals surface area contributed by atoms with Crippen LogP contribution in [0.1, 0.15) is 24.8 Å². The van der Waals surface area contributed by atoms with Crippen LogP contribution in [0.5, 0.6) is 11.5 Å². The molecule has 28 heavy (non-hydrogen) atoms. The summed E-state index contributed by atoms with van der Waals surface area (Å²) in [7, 11) is 0. The van der Waals surface area contributed by atoms with Crippen molar-refractivity contribution in [3.05, 3.63) is 54.1 Å². The van der Waals surface area contributed by atoms with Crippen LogP contribution in [0.4, 0.5) is 5.69 Å². The Kier molecular flexibility index (Phi) is 7.84. The lowest BCUT2D eigenvalue weighted by atomic mass is 10.0. The van der Waals surface area contributed by atoms with Crippen molar-refractivity contribution in [3.8, 4) is 11.5 Å². The van der Waals surface area contributed by atoms with Crippen LogP contribution in [0.2, 0.25) is 0 Å². The summed E-state index contributed by atoms with van der Waals surface area (Å²) >= 11 is 0. The summed E-state index contributed by atoms with van der Waals surface area (Å²) in [6.45, 7) is 2.67. The van der Waals surface area contributed by atoms with Crippen molar-refractivity contribution in [1.82, 2.24) is 4.90 Å². The number of carboxylic acids is 1.